The molecule has 3 rings (SSSR count). The van der Waals surface area contributed by atoms with Gasteiger partial charge in [0.2, 0.25) is 0 Å². The Morgan fingerprint density at radius 3 is 2.56 bits per heavy atom. The fraction of sp³-hybridized carbons (Fsp3) is 0.500. The first-order chi connectivity index (χ1) is 16.9. The van der Waals surface area contributed by atoms with E-state index in [2.05, 4.69) is 11.4 Å². The van der Waals surface area contributed by atoms with E-state index in [4.69, 9.17) is 16.7 Å². The zero-order valence-corrected chi connectivity index (χ0v) is 21.5. The molecule has 5 nitrogen and oxygen atoms in total. The second-order valence-electron chi connectivity index (χ2n) is 10.8. The van der Waals surface area contributed by atoms with Crippen molar-refractivity contribution in [1.29, 1.82) is 5.26 Å². The number of rotatable bonds is 9. The molecule has 0 spiro atoms. The number of carbonyl (C=O) groups excluding carboxylic acids is 1. The largest absolute Gasteiger partial charge is 0.394 e. The third-order valence-electron chi connectivity index (χ3n) is 6.86. The van der Waals surface area contributed by atoms with E-state index in [0.717, 1.165) is 6.07 Å². The summed E-state index contributed by atoms with van der Waals surface area (Å²) >= 11 is 6.02. The number of nitrogens with one attached hydrogen (secondary N) is 1. The predicted octanol–water partition coefficient (Wildman–Crippen LogP) is 5.03. The van der Waals surface area contributed by atoms with Gasteiger partial charge < -0.3 is 15.5 Å². The van der Waals surface area contributed by atoms with E-state index < -0.39 is 47.8 Å². The third-order valence-corrected chi connectivity index (χ3v) is 7.09. The van der Waals surface area contributed by atoms with Gasteiger partial charge in [-0.15, -0.1) is 0 Å². The lowest BCUT2D eigenvalue weighted by atomic mass is 9.62. The van der Waals surface area contributed by atoms with Crippen LogP contribution in [0.2, 0.25) is 5.02 Å². The summed E-state index contributed by atoms with van der Waals surface area (Å²) in [5.41, 5.74) is -1.28. The first kappa shape index (κ1) is 28.2. The standard InChI is InChI=1S/C28H33ClF2N2O3/c1-27(2,3)14-24-28(16-32,21-11-10-18(29)13-22(21)31)25(17-6-4-7-19(30)12-17)26(33-24)23(36)9-5-8-20(35)15-34/h4,6-7,10-13,20,24-26,33-35H,5,8-9,14-15H2,1-3H3/t20-,24-,25-,26-,28-/m0/s1. The molecule has 36 heavy (non-hydrogen) atoms. The minimum absolute atomic E-state index is 0.0768. The fourth-order valence-electron chi connectivity index (χ4n) is 5.34. The molecule has 1 saturated heterocycles. The molecule has 0 aromatic heterocycles. The SMILES string of the molecule is CC(C)(C)C[C@@H]1N[C@@H](C(=O)CCC[C@H](O)CO)[C@H](c2cccc(F)c2)[C@@]1(C#N)c1ccc(Cl)cc1F. The highest BCUT2D eigenvalue weighted by molar-refractivity contribution is 6.30. The van der Waals surface area contributed by atoms with Gasteiger partial charge in [0.25, 0.3) is 0 Å². The normalized spacial score (nSPS) is 24.9. The first-order valence-corrected chi connectivity index (χ1v) is 12.5. The molecule has 0 saturated carbocycles. The van der Waals surface area contributed by atoms with Crippen LogP contribution in [0.1, 0.15) is 63.5 Å². The Hall–Kier alpha value is -2.37. The van der Waals surface area contributed by atoms with Gasteiger partial charge in [0.05, 0.1) is 24.8 Å². The topological polar surface area (TPSA) is 93.3 Å². The van der Waals surface area contributed by atoms with Crippen molar-refractivity contribution in [2.45, 2.75) is 76.0 Å². The highest BCUT2D eigenvalue weighted by Gasteiger charge is 2.60. The molecule has 1 heterocycles. The third kappa shape index (κ3) is 5.95. The van der Waals surface area contributed by atoms with E-state index >= 15 is 4.39 Å². The lowest BCUT2D eigenvalue weighted by Gasteiger charge is -2.37. The molecule has 5 atom stereocenters. The highest BCUT2D eigenvalue weighted by Crippen LogP contribution is 2.52. The van der Waals surface area contributed by atoms with Crippen LogP contribution in [0.25, 0.3) is 0 Å². The second kappa shape index (κ2) is 11.4. The minimum atomic E-state index is -1.53. The molecule has 1 aliphatic rings. The van der Waals surface area contributed by atoms with Crippen molar-refractivity contribution in [3.05, 3.63) is 70.2 Å². The Labute approximate surface area is 216 Å². The maximum Gasteiger partial charge on any atom is 0.150 e. The van der Waals surface area contributed by atoms with Gasteiger partial charge in [-0.3, -0.25) is 4.79 Å². The Balaban J connectivity index is 2.19. The van der Waals surface area contributed by atoms with E-state index in [1.807, 2.05) is 20.8 Å². The molecule has 2 aromatic carbocycles. The Morgan fingerprint density at radius 1 is 1.25 bits per heavy atom. The van der Waals surface area contributed by atoms with E-state index in [0.29, 0.717) is 18.4 Å². The molecule has 1 aliphatic heterocycles. The number of Topliss-reactive ketones (excluding diaryl/α,β-unsaturated/α-hetero) is 1. The number of halogens is 3. The van der Waals surface area contributed by atoms with E-state index in [1.165, 1.54) is 30.3 Å². The monoisotopic (exact) mass is 518 g/mol. The van der Waals surface area contributed by atoms with Gasteiger partial charge in [0.1, 0.15) is 22.8 Å². The summed E-state index contributed by atoms with van der Waals surface area (Å²) in [6.07, 6.45) is 0.158. The van der Waals surface area contributed by atoms with Crippen molar-refractivity contribution < 1.29 is 23.8 Å². The molecule has 1 fully saturated rings. The van der Waals surface area contributed by atoms with Crippen LogP contribution >= 0.6 is 11.6 Å². The van der Waals surface area contributed by atoms with Gasteiger partial charge in [-0.1, -0.05) is 50.6 Å². The number of ketones is 1. The molecule has 0 radical (unpaired) electrons. The van der Waals surface area contributed by atoms with Crippen LogP contribution < -0.4 is 5.32 Å². The minimum Gasteiger partial charge on any atom is -0.394 e. The maximum atomic E-state index is 15.5. The average Bonchev–Trinajstić information content (AvgIpc) is 3.12. The number of carbonyl (C=O) groups is 1. The van der Waals surface area contributed by atoms with E-state index in [9.17, 15) is 19.6 Å². The first-order valence-electron chi connectivity index (χ1n) is 12.1. The highest BCUT2D eigenvalue weighted by atomic mass is 35.5. The lowest BCUT2D eigenvalue weighted by Crippen LogP contribution is -2.44. The van der Waals surface area contributed by atoms with Crippen LogP contribution in [-0.4, -0.2) is 40.8 Å². The summed E-state index contributed by atoms with van der Waals surface area (Å²) in [7, 11) is 0. The van der Waals surface area contributed by atoms with Crippen molar-refractivity contribution in [3.63, 3.8) is 0 Å². The molecule has 3 N–H and O–H groups in total. The molecule has 0 bridgehead atoms. The Morgan fingerprint density at radius 2 is 1.97 bits per heavy atom. The smallest absolute Gasteiger partial charge is 0.150 e. The molecule has 194 valence electrons. The van der Waals surface area contributed by atoms with Crippen molar-refractivity contribution >= 4 is 17.4 Å². The Kier molecular flexibility index (Phi) is 8.89. The van der Waals surface area contributed by atoms with Crippen LogP contribution in [0.15, 0.2) is 42.5 Å². The molecular formula is C28H33ClF2N2O3. The van der Waals surface area contributed by atoms with Gasteiger partial charge in [-0.2, -0.15) is 5.26 Å². The molecule has 8 heteroatoms. The van der Waals surface area contributed by atoms with Crippen LogP contribution in [0.3, 0.4) is 0 Å². The Bertz CT molecular complexity index is 1130. The van der Waals surface area contributed by atoms with Crippen LogP contribution in [0, 0.1) is 28.4 Å². The number of aliphatic hydroxyl groups excluding tert-OH is 2. The van der Waals surface area contributed by atoms with E-state index in [-0.39, 0.29) is 34.6 Å². The number of hydrogen-bond acceptors (Lipinski definition) is 5. The summed E-state index contributed by atoms with van der Waals surface area (Å²) in [6.45, 7) is 5.59. The zero-order valence-electron chi connectivity index (χ0n) is 20.8. The summed E-state index contributed by atoms with van der Waals surface area (Å²) in [4.78, 5) is 13.5. The van der Waals surface area contributed by atoms with Gasteiger partial charge in [-0.05, 0) is 54.5 Å². The molecule has 0 unspecified atom stereocenters. The molecule has 0 amide bonds. The van der Waals surface area contributed by atoms with Crippen LogP contribution in [0.4, 0.5) is 8.78 Å². The van der Waals surface area contributed by atoms with Gasteiger partial charge in [0.15, 0.2) is 0 Å². The van der Waals surface area contributed by atoms with Crippen molar-refractivity contribution in [1.82, 2.24) is 5.32 Å². The molecule has 2 aromatic rings. The van der Waals surface area contributed by atoms with Crippen LogP contribution in [-0.2, 0) is 10.2 Å². The summed E-state index contributed by atoms with van der Waals surface area (Å²) < 4.78 is 29.9. The fourth-order valence-corrected chi connectivity index (χ4v) is 5.50. The lowest BCUT2D eigenvalue weighted by molar-refractivity contribution is -0.121. The maximum absolute atomic E-state index is 15.5. The number of nitrogens with zero attached hydrogens (tertiary/aromatic N) is 1. The van der Waals surface area contributed by atoms with Gasteiger partial charge >= 0.3 is 0 Å². The number of nitriles is 1. The van der Waals surface area contributed by atoms with Crippen molar-refractivity contribution in [2.75, 3.05) is 6.61 Å². The van der Waals surface area contributed by atoms with Crippen LogP contribution in [0.5, 0.6) is 0 Å². The number of benzene rings is 2. The van der Waals surface area contributed by atoms with Crippen molar-refractivity contribution in [3.8, 4) is 6.07 Å². The predicted molar refractivity (Wildman–Crippen MR) is 135 cm³/mol. The summed E-state index contributed by atoms with van der Waals surface area (Å²) in [5.74, 6) is -2.28. The van der Waals surface area contributed by atoms with Gasteiger partial charge in [0, 0.05) is 29.0 Å². The number of aliphatic hydroxyl groups is 2. The quantitative estimate of drug-likeness (QED) is 0.433. The number of hydrogen-bond donors (Lipinski definition) is 3. The summed E-state index contributed by atoms with van der Waals surface area (Å²) in [5, 5.41) is 33.0. The zero-order chi connectivity index (χ0) is 26.7. The summed E-state index contributed by atoms with van der Waals surface area (Å²) in [6, 6.07) is 10.8. The van der Waals surface area contributed by atoms with E-state index in [1.54, 1.807) is 6.07 Å². The molecule has 0 aliphatic carbocycles. The average molecular weight is 519 g/mol. The molecular weight excluding hydrogens is 486 g/mol. The van der Waals surface area contributed by atoms with Crippen molar-refractivity contribution in [2.24, 2.45) is 5.41 Å². The second-order valence-corrected chi connectivity index (χ2v) is 11.2. The van der Waals surface area contributed by atoms with Gasteiger partial charge in [-0.25, -0.2) is 8.78 Å².